The lowest BCUT2D eigenvalue weighted by Gasteiger charge is -2.16. The second-order valence-electron chi connectivity index (χ2n) is 4.01. The normalized spacial score (nSPS) is 13.6. The van der Waals surface area contributed by atoms with Gasteiger partial charge in [0.2, 0.25) is 0 Å². The molecule has 1 aromatic rings. The van der Waals surface area contributed by atoms with E-state index < -0.39 is 11.8 Å². The van der Waals surface area contributed by atoms with E-state index in [1.807, 2.05) is 6.07 Å². The summed E-state index contributed by atoms with van der Waals surface area (Å²) in [6.07, 6.45) is 3.37. The SMILES string of the molecule is CCOC(=O)C(=O)C1=CCCc2ccc(Cl)cc21. The number of esters is 1. The van der Waals surface area contributed by atoms with Crippen LogP contribution in [0.3, 0.4) is 0 Å². The Balaban J connectivity index is 2.36. The van der Waals surface area contributed by atoms with E-state index >= 15 is 0 Å². The van der Waals surface area contributed by atoms with Crippen LogP contribution in [0.25, 0.3) is 5.57 Å². The predicted octanol–water partition coefficient (Wildman–Crippen LogP) is 2.80. The molecule has 1 aliphatic carbocycles. The molecular formula is C14H13ClO3. The first-order chi connectivity index (χ1) is 8.63. The highest BCUT2D eigenvalue weighted by molar-refractivity contribution is 6.52. The highest BCUT2D eigenvalue weighted by Crippen LogP contribution is 2.29. The second-order valence-corrected chi connectivity index (χ2v) is 4.44. The van der Waals surface area contributed by atoms with Crippen molar-refractivity contribution in [3.63, 3.8) is 0 Å². The van der Waals surface area contributed by atoms with Crippen molar-refractivity contribution in [1.29, 1.82) is 0 Å². The Morgan fingerprint density at radius 3 is 2.89 bits per heavy atom. The molecule has 0 unspecified atom stereocenters. The van der Waals surface area contributed by atoms with Gasteiger partial charge in [0.15, 0.2) is 0 Å². The van der Waals surface area contributed by atoms with E-state index in [1.165, 1.54) is 0 Å². The molecule has 0 radical (unpaired) electrons. The zero-order valence-electron chi connectivity index (χ0n) is 10.0. The number of Topliss-reactive ketones (excluding diaryl/α,β-unsaturated/α-hetero) is 1. The molecule has 0 amide bonds. The molecule has 0 aliphatic heterocycles. The molecule has 0 fully saturated rings. The third-order valence-corrected chi connectivity index (χ3v) is 3.06. The molecule has 4 heteroatoms. The lowest BCUT2D eigenvalue weighted by atomic mass is 9.88. The number of hydrogen-bond donors (Lipinski definition) is 0. The van der Waals surface area contributed by atoms with E-state index in [0.29, 0.717) is 10.6 Å². The standard InChI is InChI=1S/C14H13ClO3/c1-2-18-14(17)13(16)11-5-3-4-9-6-7-10(15)8-12(9)11/h5-8H,2-4H2,1H3. The first kappa shape index (κ1) is 12.8. The van der Waals surface area contributed by atoms with Gasteiger partial charge in [-0.15, -0.1) is 0 Å². The third-order valence-electron chi connectivity index (χ3n) is 2.83. The van der Waals surface area contributed by atoms with Crippen molar-refractivity contribution in [1.82, 2.24) is 0 Å². The maximum atomic E-state index is 12.0. The number of fused-ring (bicyclic) bond motifs is 1. The predicted molar refractivity (Wildman–Crippen MR) is 69.4 cm³/mol. The van der Waals surface area contributed by atoms with Crippen molar-refractivity contribution < 1.29 is 14.3 Å². The quantitative estimate of drug-likeness (QED) is 0.623. The van der Waals surface area contributed by atoms with Gasteiger partial charge in [-0.3, -0.25) is 4.79 Å². The van der Waals surface area contributed by atoms with Gasteiger partial charge >= 0.3 is 5.97 Å². The summed E-state index contributed by atoms with van der Waals surface area (Å²) in [5.41, 5.74) is 2.18. The smallest absolute Gasteiger partial charge is 0.379 e. The number of ketones is 1. The topological polar surface area (TPSA) is 43.4 Å². The minimum absolute atomic E-state index is 0.195. The lowest BCUT2D eigenvalue weighted by molar-refractivity contribution is -0.150. The monoisotopic (exact) mass is 264 g/mol. The van der Waals surface area contributed by atoms with E-state index in [9.17, 15) is 9.59 Å². The minimum Gasteiger partial charge on any atom is -0.460 e. The number of aryl methyl sites for hydroxylation is 1. The van der Waals surface area contributed by atoms with Gasteiger partial charge in [-0.25, -0.2) is 4.79 Å². The van der Waals surface area contributed by atoms with Gasteiger partial charge in [-0.2, -0.15) is 0 Å². The maximum Gasteiger partial charge on any atom is 0.379 e. The Kier molecular flexibility index (Phi) is 3.82. The number of allylic oxidation sites excluding steroid dienone is 1. The summed E-state index contributed by atoms with van der Waals surface area (Å²) >= 11 is 5.93. The van der Waals surface area contributed by atoms with Crippen LogP contribution in [0.5, 0.6) is 0 Å². The van der Waals surface area contributed by atoms with Crippen LogP contribution in [0.2, 0.25) is 5.02 Å². The molecule has 2 rings (SSSR count). The van der Waals surface area contributed by atoms with Crippen molar-refractivity contribution in [2.24, 2.45) is 0 Å². The minimum atomic E-state index is -0.809. The average Bonchev–Trinajstić information content (AvgIpc) is 2.37. The van der Waals surface area contributed by atoms with Crippen molar-refractivity contribution in [2.75, 3.05) is 6.61 Å². The fraction of sp³-hybridized carbons (Fsp3) is 0.286. The van der Waals surface area contributed by atoms with E-state index in [4.69, 9.17) is 16.3 Å². The summed E-state index contributed by atoms with van der Waals surface area (Å²) in [5, 5.41) is 0.554. The van der Waals surface area contributed by atoms with Gasteiger partial charge in [0.25, 0.3) is 5.78 Å². The Morgan fingerprint density at radius 1 is 1.39 bits per heavy atom. The Labute approximate surface area is 110 Å². The van der Waals surface area contributed by atoms with Crippen molar-refractivity contribution in [3.05, 3.63) is 40.4 Å². The van der Waals surface area contributed by atoms with E-state index in [0.717, 1.165) is 24.0 Å². The molecule has 94 valence electrons. The van der Waals surface area contributed by atoms with Gasteiger partial charge in [-0.05, 0) is 43.0 Å². The molecule has 1 aliphatic rings. The van der Waals surface area contributed by atoms with Crippen LogP contribution in [0, 0.1) is 0 Å². The summed E-state index contributed by atoms with van der Waals surface area (Å²) in [6.45, 7) is 1.87. The van der Waals surface area contributed by atoms with E-state index in [-0.39, 0.29) is 6.61 Å². The molecule has 0 bridgehead atoms. The molecule has 0 aromatic heterocycles. The second kappa shape index (κ2) is 5.36. The summed E-state index contributed by atoms with van der Waals surface area (Å²) in [5.74, 6) is -1.41. The molecule has 3 nitrogen and oxygen atoms in total. The van der Waals surface area contributed by atoms with Gasteiger partial charge in [0.1, 0.15) is 0 Å². The van der Waals surface area contributed by atoms with Gasteiger partial charge in [0.05, 0.1) is 6.61 Å². The zero-order chi connectivity index (χ0) is 13.1. The number of halogens is 1. The number of carbonyl (C=O) groups is 2. The highest BCUT2D eigenvalue weighted by atomic mass is 35.5. The van der Waals surface area contributed by atoms with E-state index in [2.05, 4.69) is 0 Å². The molecule has 1 aromatic carbocycles. The molecular weight excluding hydrogens is 252 g/mol. The molecule has 0 saturated carbocycles. The maximum absolute atomic E-state index is 12.0. The van der Waals surface area contributed by atoms with Crippen LogP contribution in [-0.4, -0.2) is 18.4 Å². The van der Waals surface area contributed by atoms with Gasteiger partial charge in [-0.1, -0.05) is 23.7 Å². The van der Waals surface area contributed by atoms with Crippen LogP contribution >= 0.6 is 11.6 Å². The molecule has 0 heterocycles. The number of hydrogen-bond acceptors (Lipinski definition) is 3. The lowest BCUT2D eigenvalue weighted by Crippen LogP contribution is -2.20. The van der Waals surface area contributed by atoms with Crippen molar-refractivity contribution >= 4 is 28.9 Å². The van der Waals surface area contributed by atoms with Crippen LogP contribution in [0.15, 0.2) is 24.3 Å². The van der Waals surface area contributed by atoms with Crippen LogP contribution in [0.4, 0.5) is 0 Å². The largest absolute Gasteiger partial charge is 0.460 e. The Hall–Kier alpha value is -1.61. The van der Waals surface area contributed by atoms with Crippen LogP contribution < -0.4 is 0 Å². The molecule has 18 heavy (non-hydrogen) atoms. The Morgan fingerprint density at radius 2 is 2.17 bits per heavy atom. The number of ether oxygens (including phenoxy) is 1. The first-order valence-corrected chi connectivity index (χ1v) is 6.21. The Bertz CT molecular complexity index is 532. The van der Waals surface area contributed by atoms with Gasteiger partial charge in [0, 0.05) is 10.6 Å². The van der Waals surface area contributed by atoms with Crippen molar-refractivity contribution in [3.8, 4) is 0 Å². The molecule has 0 N–H and O–H groups in total. The molecule has 0 saturated heterocycles. The van der Waals surface area contributed by atoms with Crippen LogP contribution in [-0.2, 0) is 20.7 Å². The fourth-order valence-electron chi connectivity index (χ4n) is 2.02. The summed E-state index contributed by atoms with van der Waals surface area (Å²) in [7, 11) is 0. The molecule has 0 spiro atoms. The van der Waals surface area contributed by atoms with Crippen LogP contribution in [0.1, 0.15) is 24.5 Å². The number of carbonyl (C=O) groups excluding carboxylic acids is 2. The number of rotatable bonds is 3. The summed E-state index contributed by atoms with van der Waals surface area (Å²) in [4.78, 5) is 23.5. The summed E-state index contributed by atoms with van der Waals surface area (Å²) in [6, 6.07) is 5.40. The van der Waals surface area contributed by atoms with Gasteiger partial charge < -0.3 is 4.74 Å². The average molecular weight is 265 g/mol. The van der Waals surface area contributed by atoms with E-state index in [1.54, 1.807) is 25.1 Å². The summed E-state index contributed by atoms with van der Waals surface area (Å²) < 4.78 is 4.74. The number of benzene rings is 1. The van der Waals surface area contributed by atoms with Crippen molar-refractivity contribution in [2.45, 2.75) is 19.8 Å². The molecule has 0 atom stereocenters. The fourth-order valence-corrected chi connectivity index (χ4v) is 2.19. The first-order valence-electron chi connectivity index (χ1n) is 5.84. The zero-order valence-corrected chi connectivity index (χ0v) is 10.8. The highest BCUT2D eigenvalue weighted by Gasteiger charge is 2.25. The third kappa shape index (κ3) is 2.46.